The molecule has 0 fully saturated rings. The van der Waals surface area contributed by atoms with Gasteiger partial charge in [-0.1, -0.05) is 6.07 Å². The Hall–Kier alpha value is -4.92. The average Bonchev–Trinajstić information content (AvgIpc) is 3.25. The number of ether oxygens (including phenoxy) is 1. The standard InChI is InChI=1S/C30H28N6O3/c1-3-36-27-23(29(37)34(2)25-7-5-12-32-28(25)36)16-21(17-33-27)11-15-39-26-8-4-6-22-24(26)19-35(30(22)38)18-20-9-13-31-14-10-20/h4-10,12-14,16-17,19,38H,3,11,15,18H2,1-2H3. The summed E-state index contributed by atoms with van der Waals surface area (Å²) in [5.41, 5.74) is 3.23. The van der Waals surface area contributed by atoms with Gasteiger partial charge in [-0.25, -0.2) is 9.97 Å². The van der Waals surface area contributed by atoms with Crippen LogP contribution < -0.4 is 14.5 Å². The zero-order valence-electron chi connectivity index (χ0n) is 21.8. The number of benzene rings is 1. The van der Waals surface area contributed by atoms with Crippen molar-refractivity contribution in [2.45, 2.75) is 19.9 Å². The lowest BCUT2D eigenvalue weighted by atomic mass is 10.1. The second kappa shape index (κ2) is 10.1. The molecule has 9 nitrogen and oxygen atoms in total. The Morgan fingerprint density at radius 2 is 1.79 bits per heavy atom. The summed E-state index contributed by atoms with van der Waals surface area (Å²) in [4.78, 5) is 30.3. The summed E-state index contributed by atoms with van der Waals surface area (Å²) in [6.07, 6.45) is 9.47. The van der Waals surface area contributed by atoms with E-state index < -0.39 is 0 Å². The second-order valence-corrected chi connectivity index (χ2v) is 9.42. The van der Waals surface area contributed by atoms with Crippen molar-refractivity contribution in [1.82, 2.24) is 19.5 Å². The fraction of sp³-hybridized carbons (Fsp3) is 0.200. The van der Waals surface area contributed by atoms with Crippen LogP contribution in [0, 0.1) is 0 Å². The summed E-state index contributed by atoms with van der Waals surface area (Å²) in [6.45, 7) is 3.56. The summed E-state index contributed by atoms with van der Waals surface area (Å²) in [6, 6.07) is 15.1. The lowest BCUT2D eigenvalue weighted by Gasteiger charge is -2.22. The number of aromatic hydroxyl groups is 1. The van der Waals surface area contributed by atoms with Crippen LogP contribution in [0.1, 0.15) is 28.4 Å². The van der Waals surface area contributed by atoms with E-state index in [-0.39, 0.29) is 11.8 Å². The molecule has 196 valence electrons. The molecule has 0 saturated heterocycles. The monoisotopic (exact) mass is 520 g/mol. The summed E-state index contributed by atoms with van der Waals surface area (Å²) in [5, 5.41) is 12.4. The number of amides is 1. The van der Waals surface area contributed by atoms with E-state index >= 15 is 0 Å². The summed E-state index contributed by atoms with van der Waals surface area (Å²) in [5.74, 6) is 2.08. The van der Waals surface area contributed by atoms with Crippen molar-refractivity contribution in [3.63, 3.8) is 0 Å². The van der Waals surface area contributed by atoms with Gasteiger partial charge in [0.2, 0.25) is 0 Å². The minimum absolute atomic E-state index is 0.124. The van der Waals surface area contributed by atoms with E-state index in [0.717, 1.165) is 27.6 Å². The lowest BCUT2D eigenvalue weighted by Crippen LogP contribution is -2.25. The predicted molar refractivity (Wildman–Crippen MR) is 150 cm³/mol. The first-order valence-electron chi connectivity index (χ1n) is 12.9. The van der Waals surface area contributed by atoms with Crippen molar-refractivity contribution in [2.75, 3.05) is 30.0 Å². The molecule has 0 saturated carbocycles. The van der Waals surface area contributed by atoms with E-state index in [1.807, 2.05) is 66.6 Å². The maximum absolute atomic E-state index is 13.4. The molecule has 0 aliphatic carbocycles. The van der Waals surface area contributed by atoms with Gasteiger partial charge >= 0.3 is 0 Å². The van der Waals surface area contributed by atoms with Crippen LogP contribution in [0.5, 0.6) is 11.6 Å². The predicted octanol–water partition coefficient (Wildman–Crippen LogP) is 4.95. The summed E-state index contributed by atoms with van der Waals surface area (Å²) < 4.78 is 7.98. The molecule has 5 aromatic rings. The number of fused-ring (bicyclic) bond motifs is 3. The zero-order valence-corrected chi connectivity index (χ0v) is 21.8. The van der Waals surface area contributed by atoms with Crippen molar-refractivity contribution in [1.29, 1.82) is 0 Å². The molecule has 6 rings (SSSR count). The van der Waals surface area contributed by atoms with Crippen LogP contribution in [0.25, 0.3) is 10.8 Å². The normalized spacial score (nSPS) is 12.8. The van der Waals surface area contributed by atoms with Crippen molar-refractivity contribution < 1.29 is 14.6 Å². The molecule has 1 aromatic carbocycles. The number of carbonyl (C=O) groups excluding carboxylic acids is 1. The Bertz CT molecular complexity index is 1670. The Balaban J connectivity index is 1.22. The topological polar surface area (TPSA) is 96.6 Å². The number of rotatable bonds is 7. The molecule has 5 heterocycles. The zero-order chi connectivity index (χ0) is 26.9. The average molecular weight is 521 g/mol. The number of hydrogen-bond acceptors (Lipinski definition) is 7. The SMILES string of the molecule is CCN1c2ncc(CCOc3cccc4c(O)n(Cc5ccncc5)cc34)cc2C(=O)N(C)c2cccnc21. The minimum Gasteiger partial charge on any atom is -0.494 e. The van der Waals surface area contributed by atoms with Gasteiger partial charge < -0.3 is 24.2 Å². The molecule has 0 atom stereocenters. The van der Waals surface area contributed by atoms with Gasteiger partial charge in [-0.2, -0.15) is 0 Å². The molecule has 0 unspecified atom stereocenters. The van der Waals surface area contributed by atoms with E-state index in [1.165, 1.54) is 0 Å². The van der Waals surface area contributed by atoms with Crippen LogP contribution in [-0.4, -0.2) is 50.7 Å². The molecule has 1 N–H and O–H groups in total. The highest BCUT2D eigenvalue weighted by Gasteiger charge is 2.30. The number of nitrogens with zero attached hydrogens (tertiary/aromatic N) is 6. The maximum Gasteiger partial charge on any atom is 0.261 e. The van der Waals surface area contributed by atoms with E-state index in [2.05, 4.69) is 15.0 Å². The van der Waals surface area contributed by atoms with Gasteiger partial charge in [0.05, 0.1) is 24.4 Å². The van der Waals surface area contributed by atoms with E-state index in [1.54, 1.807) is 41.3 Å². The molecule has 1 aliphatic rings. The molecule has 1 amide bonds. The molecule has 0 radical (unpaired) electrons. The minimum atomic E-state index is -0.124. The van der Waals surface area contributed by atoms with Gasteiger partial charge in [-0.05, 0) is 60.5 Å². The lowest BCUT2D eigenvalue weighted by molar-refractivity contribution is 0.0994. The third-order valence-electron chi connectivity index (χ3n) is 7.03. The van der Waals surface area contributed by atoms with Crippen molar-refractivity contribution in [3.8, 4) is 11.6 Å². The Kier molecular flexibility index (Phi) is 6.32. The van der Waals surface area contributed by atoms with Gasteiger partial charge in [0.15, 0.2) is 11.7 Å². The second-order valence-electron chi connectivity index (χ2n) is 9.42. The Morgan fingerprint density at radius 3 is 2.62 bits per heavy atom. The highest BCUT2D eigenvalue weighted by Crippen LogP contribution is 2.38. The molecular weight excluding hydrogens is 492 g/mol. The van der Waals surface area contributed by atoms with Crippen molar-refractivity contribution in [2.24, 2.45) is 0 Å². The number of aromatic nitrogens is 4. The van der Waals surface area contributed by atoms with Crippen LogP contribution in [0.2, 0.25) is 0 Å². The quantitative estimate of drug-likeness (QED) is 0.324. The number of hydrogen-bond donors (Lipinski definition) is 1. The molecule has 0 bridgehead atoms. The molecule has 9 heteroatoms. The third-order valence-corrected chi connectivity index (χ3v) is 7.03. The van der Waals surface area contributed by atoms with Crippen molar-refractivity contribution in [3.05, 3.63) is 96.2 Å². The molecule has 4 aromatic heterocycles. The molecule has 39 heavy (non-hydrogen) atoms. The molecular formula is C30H28N6O3. The molecule has 1 aliphatic heterocycles. The van der Waals surface area contributed by atoms with E-state index in [0.29, 0.717) is 49.1 Å². The smallest absolute Gasteiger partial charge is 0.261 e. The molecule has 0 spiro atoms. The van der Waals surface area contributed by atoms with Crippen LogP contribution in [0.4, 0.5) is 17.3 Å². The number of carbonyl (C=O) groups is 1. The first-order valence-corrected chi connectivity index (χ1v) is 12.9. The van der Waals surface area contributed by atoms with E-state index in [4.69, 9.17) is 4.74 Å². The Labute approximate surface area is 226 Å². The van der Waals surface area contributed by atoms with Crippen LogP contribution in [0.15, 0.2) is 79.5 Å². The van der Waals surface area contributed by atoms with Crippen molar-refractivity contribution >= 4 is 34.0 Å². The maximum atomic E-state index is 13.4. The van der Waals surface area contributed by atoms with Crippen LogP contribution in [-0.2, 0) is 13.0 Å². The van der Waals surface area contributed by atoms with Gasteiger partial charge in [-0.15, -0.1) is 0 Å². The fourth-order valence-corrected chi connectivity index (χ4v) is 5.01. The van der Waals surface area contributed by atoms with Gasteiger partial charge in [0.25, 0.3) is 5.91 Å². The Morgan fingerprint density at radius 1 is 0.949 bits per heavy atom. The van der Waals surface area contributed by atoms with Crippen LogP contribution >= 0.6 is 0 Å². The van der Waals surface area contributed by atoms with Gasteiger partial charge in [-0.3, -0.25) is 9.78 Å². The van der Waals surface area contributed by atoms with Gasteiger partial charge in [0, 0.05) is 61.8 Å². The highest BCUT2D eigenvalue weighted by atomic mass is 16.5. The number of anilines is 3. The first kappa shape index (κ1) is 24.4. The summed E-state index contributed by atoms with van der Waals surface area (Å²) in [7, 11) is 1.76. The largest absolute Gasteiger partial charge is 0.494 e. The third kappa shape index (κ3) is 4.41. The van der Waals surface area contributed by atoms with Gasteiger partial charge in [0.1, 0.15) is 11.6 Å². The summed E-state index contributed by atoms with van der Waals surface area (Å²) >= 11 is 0. The van der Waals surface area contributed by atoms with Crippen LogP contribution in [0.3, 0.4) is 0 Å². The van der Waals surface area contributed by atoms with E-state index in [9.17, 15) is 9.90 Å². The highest BCUT2D eigenvalue weighted by molar-refractivity contribution is 6.12. The fourth-order valence-electron chi connectivity index (χ4n) is 5.01. The first-order chi connectivity index (χ1) is 19.0. The number of pyridine rings is 3.